The van der Waals surface area contributed by atoms with Crippen molar-refractivity contribution in [2.45, 2.75) is 19.3 Å². The lowest BCUT2D eigenvalue weighted by molar-refractivity contribution is 0.661. The number of hydrogen-bond donors (Lipinski definition) is 0. The molecule has 0 unspecified atom stereocenters. The van der Waals surface area contributed by atoms with Gasteiger partial charge in [-0.2, -0.15) is 0 Å². The molecular weight excluding hydrogens is 725 g/mol. The van der Waals surface area contributed by atoms with E-state index in [9.17, 15) is 0 Å². The van der Waals surface area contributed by atoms with Crippen LogP contribution < -0.4 is 0 Å². The van der Waals surface area contributed by atoms with Gasteiger partial charge < -0.3 is 4.42 Å². The number of rotatable bonds is 3. The molecule has 1 aromatic heterocycles. The Kier molecular flexibility index (Phi) is 6.85. The van der Waals surface area contributed by atoms with Crippen molar-refractivity contribution in [1.29, 1.82) is 0 Å². The Morgan fingerprint density at radius 1 is 0.300 bits per heavy atom. The van der Waals surface area contributed by atoms with Gasteiger partial charge in [-0.3, -0.25) is 0 Å². The van der Waals surface area contributed by atoms with Crippen LogP contribution in [-0.2, 0) is 5.41 Å². The number of fused-ring (bicyclic) bond motifs is 13. The average Bonchev–Trinajstić information content (AvgIpc) is 3.78. The first-order chi connectivity index (χ1) is 29.5. The molecule has 1 aliphatic carbocycles. The molecular formula is C59H38O. The van der Waals surface area contributed by atoms with Gasteiger partial charge in [0.25, 0.3) is 0 Å². The summed E-state index contributed by atoms with van der Waals surface area (Å²) >= 11 is 0. The normalized spacial score (nSPS) is 13.3. The molecule has 0 spiro atoms. The molecule has 0 amide bonds. The molecule has 0 fully saturated rings. The molecule has 60 heavy (non-hydrogen) atoms. The summed E-state index contributed by atoms with van der Waals surface area (Å²) in [7, 11) is 0. The van der Waals surface area contributed by atoms with Crippen molar-refractivity contribution >= 4 is 75.8 Å². The highest BCUT2D eigenvalue weighted by Gasteiger charge is 2.36. The highest BCUT2D eigenvalue weighted by atomic mass is 16.3. The van der Waals surface area contributed by atoms with Gasteiger partial charge in [-0.15, -0.1) is 0 Å². The fraction of sp³-hybridized carbons (Fsp3) is 0.0508. The summed E-state index contributed by atoms with van der Waals surface area (Å²) in [6.45, 7) is 4.72. The van der Waals surface area contributed by atoms with Crippen LogP contribution in [0.15, 0.2) is 199 Å². The van der Waals surface area contributed by atoms with Gasteiger partial charge in [0.1, 0.15) is 11.2 Å². The minimum absolute atomic E-state index is 0.0638. The van der Waals surface area contributed by atoms with Gasteiger partial charge in [0.2, 0.25) is 0 Å². The molecule has 0 radical (unpaired) electrons. The van der Waals surface area contributed by atoms with Crippen molar-refractivity contribution in [3.05, 3.63) is 205 Å². The van der Waals surface area contributed by atoms with Crippen molar-refractivity contribution in [1.82, 2.24) is 0 Å². The molecule has 0 saturated heterocycles. The summed E-state index contributed by atoms with van der Waals surface area (Å²) in [4.78, 5) is 0. The maximum atomic E-state index is 6.54. The topological polar surface area (TPSA) is 13.1 Å². The molecule has 1 aliphatic rings. The van der Waals surface area contributed by atoms with Crippen molar-refractivity contribution in [3.8, 4) is 44.5 Å². The van der Waals surface area contributed by atoms with Crippen molar-refractivity contribution < 1.29 is 4.42 Å². The maximum Gasteiger partial charge on any atom is 0.135 e. The molecule has 0 bridgehead atoms. The first kappa shape index (κ1) is 33.5. The Balaban J connectivity index is 0.980. The minimum Gasteiger partial charge on any atom is -0.456 e. The second-order valence-electron chi connectivity index (χ2n) is 17.2. The molecule has 12 aromatic rings. The molecule has 0 aliphatic heterocycles. The van der Waals surface area contributed by atoms with E-state index in [4.69, 9.17) is 4.42 Å². The molecule has 1 heteroatoms. The third kappa shape index (κ3) is 4.69. The average molecular weight is 763 g/mol. The van der Waals surface area contributed by atoms with E-state index in [1.54, 1.807) is 0 Å². The van der Waals surface area contributed by atoms with Gasteiger partial charge in [-0.05, 0) is 146 Å². The van der Waals surface area contributed by atoms with E-state index >= 15 is 0 Å². The second-order valence-corrected chi connectivity index (χ2v) is 17.2. The zero-order chi connectivity index (χ0) is 39.7. The van der Waals surface area contributed by atoms with Crippen LogP contribution >= 0.6 is 0 Å². The number of benzene rings is 11. The molecule has 1 heterocycles. The highest BCUT2D eigenvalue weighted by Crippen LogP contribution is 2.52. The third-order valence-electron chi connectivity index (χ3n) is 13.6. The molecule has 280 valence electrons. The van der Waals surface area contributed by atoms with E-state index in [0.717, 1.165) is 21.9 Å². The standard InChI is InChI=1S/C59H38O/c1-59(2)52-27-23-37(33-51(52)58-44-14-6-4-12-36(44)22-28-53(58)59)38-24-29-54-49(32-38)50-34-41(25-30-55(50)60-54)57-47-17-9-7-15-45(47)56(46-16-8-10-18-48(46)57)40-21-26-43-39(31-40)20-19-35-11-3-5-13-42(35)43/h3-34H,1-2H3. The van der Waals surface area contributed by atoms with Crippen LogP contribution in [0.2, 0.25) is 0 Å². The van der Waals surface area contributed by atoms with Crippen LogP contribution in [0.1, 0.15) is 25.0 Å². The zero-order valence-electron chi connectivity index (χ0n) is 33.4. The van der Waals surface area contributed by atoms with Gasteiger partial charge in [-0.1, -0.05) is 172 Å². The van der Waals surface area contributed by atoms with Crippen LogP contribution in [0, 0.1) is 0 Å². The Labute approximate surface area is 347 Å². The fourth-order valence-electron chi connectivity index (χ4n) is 10.7. The number of furan rings is 1. The SMILES string of the molecule is CC1(C)c2ccc(-c3ccc4oc5ccc(-c6c7ccccc7c(-c7ccc8c(ccc9ccccc98)c7)c7ccccc67)cc5c4c3)cc2-c2c1ccc1ccccc21. The van der Waals surface area contributed by atoms with Crippen molar-refractivity contribution in [2.75, 3.05) is 0 Å². The van der Waals surface area contributed by atoms with Gasteiger partial charge >= 0.3 is 0 Å². The lowest BCUT2D eigenvalue weighted by Gasteiger charge is -2.21. The van der Waals surface area contributed by atoms with Crippen LogP contribution in [0.5, 0.6) is 0 Å². The van der Waals surface area contributed by atoms with E-state index in [-0.39, 0.29) is 5.41 Å². The third-order valence-corrected chi connectivity index (χ3v) is 13.6. The first-order valence-electron chi connectivity index (χ1n) is 21.0. The quantitative estimate of drug-likeness (QED) is 0.129. The predicted molar refractivity (Wildman–Crippen MR) is 255 cm³/mol. The monoisotopic (exact) mass is 762 g/mol. The van der Waals surface area contributed by atoms with Gasteiger partial charge in [0.15, 0.2) is 0 Å². The molecule has 11 aromatic carbocycles. The molecule has 13 rings (SSSR count). The highest BCUT2D eigenvalue weighted by molar-refractivity contribution is 6.23. The van der Waals surface area contributed by atoms with Crippen LogP contribution in [0.3, 0.4) is 0 Å². The second kappa shape index (κ2) is 12.3. The van der Waals surface area contributed by atoms with Gasteiger partial charge in [0.05, 0.1) is 0 Å². The first-order valence-corrected chi connectivity index (χ1v) is 21.0. The van der Waals surface area contributed by atoms with Crippen LogP contribution in [0.4, 0.5) is 0 Å². The number of hydrogen-bond acceptors (Lipinski definition) is 1. The lowest BCUT2D eigenvalue weighted by atomic mass is 9.82. The van der Waals surface area contributed by atoms with Crippen molar-refractivity contribution in [2.24, 2.45) is 0 Å². The Morgan fingerprint density at radius 3 is 1.43 bits per heavy atom. The smallest absolute Gasteiger partial charge is 0.135 e. The summed E-state index contributed by atoms with van der Waals surface area (Å²) in [6.07, 6.45) is 0. The van der Waals surface area contributed by atoms with E-state index in [1.807, 2.05) is 0 Å². The summed E-state index contributed by atoms with van der Waals surface area (Å²) in [5.41, 5.74) is 14.6. The molecule has 0 N–H and O–H groups in total. The Hall–Kier alpha value is -7.48. The van der Waals surface area contributed by atoms with E-state index in [2.05, 4.69) is 208 Å². The fourth-order valence-corrected chi connectivity index (χ4v) is 10.7. The van der Waals surface area contributed by atoms with Crippen LogP contribution in [0.25, 0.3) is 120 Å². The maximum absolute atomic E-state index is 6.54. The summed E-state index contributed by atoms with van der Waals surface area (Å²) in [5.74, 6) is 0. The minimum atomic E-state index is -0.0638. The predicted octanol–water partition coefficient (Wildman–Crippen LogP) is 16.7. The van der Waals surface area contributed by atoms with Crippen molar-refractivity contribution in [3.63, 3.8) is 0 Å². The zero-order valence-corrected chi connectivity index (χ0v) is 33.4. The molecule has 0 atom stereocenters. The summed E-state index contributed by atoms with van der Waals surface area (Å²) in [5, 5.41) is 14.9. The summed E-state index contributed by atoms with van der Waals surface area (Å²) in [6, 6.07) is 72.0. The van der Waals surface area contributed by atoms with Crippen LogP contribution in [-0.4, -0.2) is 0 Å². The summed E-state index contributed by atoms with van der Waals surface area (Å²) < 4.78 is 6.54. The van der Waals surface area contributed by atoms with Gasteiger partial charge in [-0.25, -0.2) is 0 Å². The molecule has 1 nitrogen and oxygen atoms in total. The van der Waals surface area contributed by atoms with E-state index < -0.39 is 0 Å². The Morgan fingerprint density at radius 2 is 0.750 bits per heavy atom. The van der Waals surface area contributed by atoms with E-state index in [0.29, 0.717) is 0 Å². The molecule has 0 saturated carbocycles. The Bertz CT molecular complexity index is 3750. The lowest BCUT2D eigenvalue weighted by Crippen LogP contribution is -2.14. The van der Waals surface area contributed by atoms with Gasteiger partial charge in [0, 0.05) is 16.2 Å². The largest absolute Gasteiger partial charge is 0.456 e. The van der Waals surface area contributed by atoms with E-state index in [1.165, 1.54) is 109 Å².